The lowest BCUT2D eigenvalue weighted by atomic mass is 10.1. The molecule has 1 aromatic carbocycles. The monoisotopic (exact) mass is 314 g/mol. The summed E-state index contributed by atoms with van der Waals surface area (Å²) in [7, 11) is 0.889. The third-order valence-electron chi connectivity index (χ3n) is 2.91. The molecule has 0 spiro atoms. The van der Waals surface area contributed by atoms with Gasteiger partial charge in [-0.15, -0.1) is 11.3 Å². The lowest BCUT2D eigenvalue weighted by Crippen LogP contribution is -1.97. The van der Waals surface area contributed by atoms with E-state index in [1.807, 2.05) is 55.7 Å². The van der Waals surface area contributed by atoms with Crippen LogP contribution in [-0.2, 0) is 0 Å². The van der Waals surface area contributed by atoms with Gasteiger partial charge in [-0.25, -0.2) is 0 Å². The number of ketones is 1. The Kier molecular flexibility index (Phi) is 4.95. The van der Waals surface area contributed by atoms with Gasteiger partial charge in [0.25, 0.3) is 0 Å². The van der Waals surface area contributed by atoms with Crippen LogP contribution in [-0.4, -0.2) is 22.7 Å². The minimum atomic E-state index is -0.500. The third-order valence-corrected chi connectivity index (χ3v) is 3.97. The molecule has 6 heteroatoms. The van der Waals surface area contributed by atoms with Crippen LogP contribution < -0.4 is 0 Å². The highest BCUT2D eigenvalue weighted by Gasteiger charge is 2.13. The number of hydrogen-bond donors (Lipinski definition) is 0. The molecule has 0 unspecified atom stereocenters. The van der Waals surface area contributed by atoms with Crippen molar-refractivity contribution in [2.75, 3.05) is 7.05 Å². The molecule has 0 aliphatic carbocycles. The fraction of sp³-hybridized carbons (Fsp3) is 0.125. The molecule has 0 saturated carbocycles. The fourth-order valence-electron chi connectivity index (χ4n) is 1.94. The van der Waals surface area contributed by atoms with Crippen LogP contribution in [0.3, 0.4) is 0 Å². The van der Waals surface area contributed by atoms with Crippen LogP contribution in [0.15, 0.2) is 48.8 Å². The molecule has 0 amide bonds. The van der Waals surface area contributed by atoms with Gasteiger partial charge in [-0.05, 0) is 23.9 Å². The summed E-state index contributed by atoms with van der Waals surface area (Å²) in [5.74, 6) is 0.0798. The first kappa shape index (κ1) is 15.8. The number of nitro groups is 1. The largest absolute Gasteiger partial charge is 0.288 e. The predicted molar refractivity (Wildman–Crippen MR) is 87.1 cm³/mol. The molecule has 0 aliphatic heterocycles. The summed E-state index contributed by atoms with van der Waals surface area (Å²) in [4.78, 5) is 25.6. The molecule has 0 aliphatic rings. The molecular formula is C16H14N2O3S. The summed E-state index contributed by atoms with van der Waals surface area (Å²) < 4.78 is 1.06. The van der Waals surface area contributed by atoms with E-state index in [2.05, 4.69) is 4.98 Å². The Morgan fingerprint density at radius 2 is 1.86 bits per heavy atom. The van der Waals surface area contributed by atoms with Gasteiger partial charge < -0.3 is 0 Å². The first-order chi connectivity index (χ1) is 10.5. The zero-order valence-corrected chi connectivity index (χ0v) is 13.0. The standard InChI is InChI=1S/C15H11NOS.CH3NO2/c1-10-8-16-9-14-12(10)7-13(18-14)15(17)11-5-3-2-4-6-11;1-2(3)4/h2-9H,1H3;1H3. The maximum Gasteiger partial charge on any atom is 0.202 e. The van der Waals surface area contributed by atoms with Crippen LogP contribution in [0.2, 0.25) is 0 Å². The smallest absolute Gasteiger partial charge is 0.202 e. The molecule has 0 N–H and O–H groups in total. The van der Waals surface area contributed by atoms with Gasteiger partial charge in [-0.1, -0.05) is 30.3 Å². The number of fused-ring (bicyclic) bond motifs is 1. The van der Waals surface area contributed by atoms with Gasteiger partial charge in [-0.2, -0.15) is 0 Å². The topological polar surface area (TPSA) is 73.1 Å². The van der Waals surface area contributed by atoms with Gasteiger partial charge in [0.15, 0.2) is 7.05 Å². The molecular weight excluding hydrogens is 300 g/mol. The normalized spacial score (nSPS) is 9.91. The van der Waals surface area contributed by atoms with Crippen LogP contribution in [0.25, 0.3) is 10.1 Å². The van der Waals surface area contributed by atoms with E-state index >= 15 is 0 Å². The van der Waals surface area contributed by atoms with E-state index in [1.54, 1.807) is 0 Å². The molecule has 112 valence electrons. The molecule has 3 rings (SSSR count). The first-order valence-electron chi connectivity index (χ1n) is 6.51. The molecule has 0 radical (unpaired) electrons. The number of hydrogen-bond acceptors (Lipinski definition) is 5. The van der Waals surface area contributed by atoms with Crippen molar-refractivity contribution in [2.45, 2.75) is 6.92 Å². The molecule has 3 aromatic rings. The second kappa shape index (κ2) is 6.91. The average molecular weight is 314 g/mol. The molecule has 0 saturated heterocycles. The zero-order valence-electron chi connectivity index (χ0n) is 12.1. The number of pyridine rings is 1. The Labute approximate surface area is 131 Å². The molecule has 2 aromatic heterocycles. The first-order valence-corrected chi connectivity index (χ1v) is 7.32. The van der Waals surface area contributed by atoms with Gasteiger partial charge in [0, 0.05) is 22.9 Å². The van der Waals surface area contributed by atoms with Gasteiger partial charge in [-0.3, -0.25) is 19.9 Å². The third kappa shape index (κ3) is 3.73. The van der Waals surface area contributed by atoms with Crippen molar-refractivity contribution < 1.29 is 9.72 Å². The Balaban J connectivity index is 0.000000396. The number of benzene rings is 1. The molecule has 0 fully saturated rings. The Hall–Kier alpha value is -2.60. The van der Waals surface area contributed by atoms with Crippen LogP contribution in [0, 0.1) is 17.0 Å². The average Bonchev–Trinajstić information content (AvgIpc) is 2.92. The van der Waals surface area contributed by atoms with Crippen molar-refractivity contribution in [3.05, 3.63) is 74.9 Å². The number of aryl methyl sites for hydroxylation is 1. The van der Waals surface area contributed by atoms with Gasteiger partial charge in [0.2, 0.25) is 5.78 Å². The second-order valence-corrected chi connectivity index (χ2v) is 5.70. The van der Waals surface area contributed by atoms with Crippen molar-refractivity contribution in [1.29, 1.82) is 0 Å². The molecule has 0 bridgehead atoms. The van der Waals surface area contributed by atoms with E-state index in [0.717, 1.165) is 33.1 Å². The van der Waals surface area contributed by atoms with Gasteiger partial charge in [0.1, 0.15) is 0 Å². The van der Waals surface area contributed by atoms with Crippen LogP contribution in [0.1, 0.15) is 20.8 Å². The summed E-state index contributed by atoms with van der Waals surface area (Å²) in [5.41, 5.74) is 1.84. The number of carbonyl (C=O) groups is 1. The minimum Gasteiger partial charge on any atom is -0.288 e. The van der Waals surface area contributed by atoms with E-state index in [9.17, 15) is 4.79 Å². The van der Waals surface area contributed by atoms with E-state index in [4.69, 9.17) is 10.1 Å². The molecule has 2 heterocycles. The van der Waals surface area contributed by atoms with Crippen molar-refractivity contribution in [3.63, 3.8) is 0 Å². The Morgan fingerprint density at radius 3 is 2.45 bits per heavy atom. The lowest BCUT2D eigenvalue weighted by Gasteiger charge is -1.95. The summed E-state index contributed by atoms with van der Waals surface area (Å²) >= 11 is 1.50. The highest BCUT2D eigenvalue weighted by molar-refractivity contribution is 7.21. The van der Waals surface area contributed by atoms with Crippen LogP contribution in [0.4, 0.5) is 0 Å². The van der Waals surface area contributed by atoms with Gasteiger partial charge in [0.05, 0.1) is 9.58 Å². The Morgan fingerprint density at radius 1 is 1.23 bits per heavy atom. The predicted octanol–water partition coefficient (Wildman–Crippen LogP) is 3.73. The van der Waals surface area contributed by atoms with Crippen LogP contribution >= 0.6 is 11.3 Å². The summed E-state index contributed by atoms with van der Waals surface area (Å²) in [5, 5.41) is 9.93. The van der Waals surface area contributed by atoms with Crippen molar-refractivity contribution in [1.82, 2.24) is 4.98 Å². The van der Waals surface area contributed by atoms with Crippen molar-refractivity contribution in [2.24, 2.45) is 0 Å². The van der Waals surface area contributed by atoms with E-state index in [1.165, 1.54) is 11.3 Å². The van der Waals surface area contributed by atoms with Crippen molar-refractivity contribution >= 4 is 27.2 Å². The minimum absolute atomic E-state index is 0.0798. The van der Waals surface area contributed by atoms with Gasteiger partial charge >= 0.3 is 0 Å². The number of nitrogens with zero attached hydrogens (tertiary/aromatic N) is 2. The molecule has 22 heavy (non-hydrogen) atoms. The van der Waals surface area contributed by atoms with E-state index in [0.29, 0.717) is 0 Å². The summed E-state index contributed by atoms with van der Waals surface area (Å²) in [6.07, 6.45) is 3.64. The molecule has 5 nitrogen and oxygen atoms in total. The maximum atomic E-state index is 12.3. The van der Waals surface area contributed by atoms with E-state index in [-0.39, 0.29) is 5.78 Å². The Bertz CT molecular complexity index is 809. The second-order valence-electron chi connectivity index (χ2n) is 4.61. The number of aromatic nitrogens is 1. The highest BCUT2D eigenvalue weighted by Crippen LogP contribution is 2.28. The zero-order chi connectivity index (χ0) is 16.1. The quantitative estimate of drug-likeness (QED) is 0.410. The van der Waals surface area contributed by atoms with Crippen LogP contribution in [0.5, 0.6) is 0 Å². The number of rotatable bonds is 2. The van der Waals surface area contributed by atoms with E-state index < -0.39 is 4.92 Å². The number of thiophene rings is 1. The van der Waals surface area contributed by atoms with Crippen molar-refractivity contribution in [3.8, 4) is 0 Å². The summed E-state index contributed by atoms with van der Waals surface area (Å²) in [6, 6.07) is 11.3. The SMILES string of the molecule is C[N+](=O)[O-].Cc1cncc2sc(C(=O)c3ccccc3)cc12. The fourth-order valence-corrected chi connectivity index (χ4v) is 3.01. The molecule has 0 atom stereocenters. The number of carbonyl (C=O) groups excluding carboxylic acids is 1. The summed E-state index contributed by atoms with van der Waals surface area (Å²) in [6.45, 7) is 2.01. The maximum absolute atomic E-state index is 12.3. The lowest BCUT2D eigenvalue weighted by molar-refractivity contribution is -0.445. The highest BCUT2D eigenvalue weighted by atomic mass is 32.1.